The van der Waals surface area contributed by atoms with Gasteiger partial charge in [0.15, 0.2) is 0 Å². The summed E-state index contributed by atoms with van der Waals surface area (Å²) >= 11 is 18.4. The largest absolute Gasteiger partial charge is 0.487 e. The Morgan fingerprint density at radius 1 is 1.00 bits per heavy atom. The third-order valence-corrected chi connectivity index (χ3v) is 4.03. The molecule has 1 unspecified atom stereocenters. The number of hydrogen-bond acceptors (Lipinski definition) is 2. The van der Waals surface area contributed by atoms with Gasteiger partial charge >= 0.3 is 0 Å². The van der Waals surface area contributed by atoms with Crippen LogP contribution in [0, 0.1) is 0 Å². The van der Waals surface area contributed by atoms with Crippen LogP contribution < -0.4 is 10.5 Å². The molecular formula is C15H12Cl3NO. The minimum absolute atomic E-state index is 0.000647. The summed E-state index contributed by atoms with van der Waals surface area (Å²) < 4.78 is 5.72. The van der Waals surface area contributed by atoms with E-state index in [1.807, 2.05) is 18.2 Å². The third-order valence-electron chi connectivity index (χ3n) is 3.31. The van der Waals surface area contributed by atoms with Crippen molar-refractivity contribution in [2.45, 2.75) is 12.5 Å². The molecule has 0 aromatic heterocycles. The fourth-order valence-electron chi connectivity index (χ4n) is 2.41. The van der Waals surface area contributed by atoms with Crippen molar-refractivity contribution in [1.82, 2.24) is 0 Å². The number of benzene rings is 2. The molecule has 1 heterocycles. The van der Waals surface area contributed by atoms with Crippen LogP contribution in [0.15, 0.2) is 30.3 Å². The Labute approximate surface area is 132 Å². The molecule has 0 saturated carbocycles. The predicted octanol–water partition coefficient (Wildman–Crippen LogP) is 4.58. The Morgan fingerprint density at radius 2 is 1.65 bits per heavy atom. The molecule has 1 atom stereocenters. The van der Waals surface area contributed by atoms with Crippen LogP contribution in [0.3, 0.4) is 0 Å². The lowest BCUT2D eigenvalue weighted by atomic mass is 10.0. The minimum Gasteiger partial charge on any atom is -0.487 e. The standard InChI is InChI=1S/C15H12Cl3NO/c16-11-2-9(3-12(17)6-11)8-1-10-4-13(7-19)20-15(10)14(18)5-8/h1-3,5-6,13H,4,7,19H2. The number of rotatable bonds is 2. The van der Waals surface area contributed by atoms with Crippen molar-refractivity contribution in [2.75, 3.05) is 6.54 Å². The average Bonchev–Trinajstić information content (AvgIpc) is 2.81. The van der Waals surface area contributed by atoms with Gasteiger partial charge in [0.25, 0.3) is 0 Å². The highest BCUT2D eigenvalue weighted by molar-refractivity contribution is 6.35. The van der Waals surface area contributed by atoms with Gasteiger partial charge in [-0.1, -0.05) is 34.8 Å². The van der Waals surface area contributed by atoms with Crippen molar-refractivity contribution in [3.05, 3.63) is 51.0 Å². The van der Waals surface area contributed by atoms with Crippen molar-refractivity contribution < 1.29 is 4.74 Å². The van der Waals surface area contributed by atoms with Gasteiger partial charge in [-0.3, -0.25) is 0 Å². The van der Waals surface area contributed by atoms with Crippen LogP contribution in [-0.4, -0.2) is 12.6 Å². The molecule has 1 aliphatic rings. The number of fused-ring (bicyclic) bond motifs is 1. The smallest absolute Gasteiger partial charge is 0.141 e. The van der Waals surface area contributed by atoms with Crippen LogP contribution >= 0.6 is 34.8 Å². The summed E-state index contributed by atoms with van der Waals surface area (Å²) in [5.41, 5.74) is 8.62. The third kappa shape index (κ3) is 2.61. The number of hydrogen-bond donors (Lipinski definition) is 1. The fraction of sp³-hybridized carbons (Fsp3) is 0.200. The number of ether oxygens (including phenoxy) is 1. The second-order valence-electron chi connectivity index (χ2n) is 4.78. The molecule has 0 bridgehead atoms. The quantitative estimate of drug-likeness (QED) is 0.876. The maximum Gasteiger partial charge on any atom is 0.141 e. The van der Waals surface area contributed by atoms with Gasteiger partial charge in [0.2, 0.25) is 0 Å². The summed E-state index contributed by atoms with van der Waals surface area (Å²) in [6.45, 7) is 0.476. The number of nitrogens with two attached hydrogens (primary N) is 1. The Morgan fingerprint density at radius 3 is 2.30 bits per heavy atom. The molecule has 2 N–H and O–H groups in total. The lowest BCUT2D eigenvalue weighted by molar-refractivity contribution is 0.241. The second kappa shape index (κ2) is 5.45. The zero-order valence-corrected chi connectivity index (χ0v) is 12.8. The summed E-state index contributed by atoms with van der Waals surface area (Å²) in [6.07, 6.45) is 0.772. The number of halogens is 3. The fourth-order valence-corrected chi connectivity index (χ4v) is 3.22. The van der Waals surface area contributed by atoms with Crippen molar-refractivity contribution in [2.24, 2.45) is 5.73 Å². The lowest BCUT2D eigenvalue weighted by Crippen LogP contribution is -2.24. The van der Waals surface area contributed by atoms with Crippen LogP contribution in [0.5, 0.6) is 5.75 Å². The van der Waals surface area contributed by atoms with E-state index in [2.05, 4.69) is 6.07 Å². The van der Waals surface area contributed by atoms with Crippen LogP contribution in [0.25, 0.3) is 11.1 Å². The van der Waals surface area contributed by atoms with E-state index in [4.69, 9.17) is 45.3 Å². The maximum absolute atomic E-state index is 6.29. The maximum atomic E-state index is 6.29. The van der Waals surface area contributed by atoms with E-state index in [0.29, 0.717) is 21.6 Å². The highest BCUT2D eigenvalue weighted by Crippen LogP contribution is 2.40. The van der Waals surface area contributed by atoms with Crippen molar-refractivity contribution in [3.8, 4) is 16.9 Å². The second-order valence-corrected chi connectivity index (χ2v) is 6.06. The minimum atomic E-state index is 0.000647. The first-order valence-electron chi connectivity index (χ1n) is 6.22. The molecule has 104 valence electrons. The Kier molecular flexibility index (Phi) is 3.83. The van der Waals surface area contributed by atoms with E-state index in [1.54, 1.807) is 6.07 Å². The Hall–Kier alpha value is -0.930. The van der Waals surface area contributed by atoms with E-state index in [1.165, 1.54) is 0 Å². The van der Waals surface area contributed by atoms with Crippen LogP contribution in [0.4, 0.5) is 0 Å². The van der Waals surface area contributed by atoms with Gasteiger partial charge in [0.05, 0.1) is 5.02 Å². The van der Waals surface area contributed by atoms with Gasteiger partial charge in [0.1, 0.15) is 11.9 Å². The van der Waals surface area contributed by atoms with Gasteiger partial charge in [-0.05, 0) is 41.5 Å². The van der Waals surface area contributed by atoms with Crippen LogP contribution in [0.2, 0.25) is 15.1 Å². The molecule has 0 saturated heterocycles. The van der Waals surface area contributed by atoms with Crippen molar-refractivity contribution in [1.29, 1.82) is 0 Å². The van der Waals surface area contributed by atoms with Gasteiger partial charge in [-0.25, -0.2) is 0 Å². The van der Waals surface area contributed by atoms with E-state index in [9.17, 15) is 0 Å². The van der Waals surface area contributed by atoms with E-state index >= 15 is 0 Å². The highest BCUT2D eigenvalue weighted by Gasteiger charge is 2.25. The Bertz CT molecular complexity index is 652. The first kappa shape index (κ1) is 14.0. The lowest BCUT2D eigenvalue weighted by Gasteiger charge is -2.09. The van der Waals surface area contributed by atoms with Crippen LogP contribution in [0.1, 0.15) is 5.56 Å². The molecule has 0 amide bonds. The molecule has 3 rings (SSSR count). The van der Waals surface area contributed by atoms with Gasteiger partial charge in [-0.2, -0.15) is 0 Å². The average molecular weight is 329 g/mol. The summed E-state index contributed by atoms with van der Waals surface area (Å²) in [7, 11) is 0. The van der Waals surface area contributed by atoms with E-state index < -0.39 is 0 Å². The van der Waals surface area contributed by atoms with Crippen molar-refractivity contribution >= 4 is 34.8 Å². The SMILES string of the molecule is NCC1Cc2cc(-c3cc(Cl)cc(Cl)c3)cc(Cl)c2O1. The Balaban J connectivity index is 2.06. The summed E-state index contributed by atoms with van der Waals surface area (Å²) in [5, 5.41) is 1.78. The first-order chi connectivity index (χ1) is 9.56. The van der Waals surface area contributed by atoms with Gasteiger partial charge < -0.3 is 10.5 Å². The molecule has 2 nitrogen and oxygen atoms in total. The molecule has 1 aliphatic heterocycles. The summed E-state index contributed by atoms with van der Waals surface area (Å²) in [6, 6.07) is 9.35. The molecule has 2 aromatic rings. The molecule has 5 heteroatoms. The molecule has 20 heavy (non-hydrogen) atoms. The summed E-state index contributed by atoms with van der Waals surface area (Å²) in [4.78, 5) is 0. The molecule has 0 radical (unpaired) electrons. The topological polar surface area (TPSA) is 35.2 Å². The zero-order valence-electron chi connectivity index (χ0n) is 10.5. The summed E-state index contributed by atoms with van der Waals surface area (Å²) in [5.74, 6) is 0.735. The van der Waals surface area contributed by atoms with E-state index in [-0.39, 0.29) is 6.10 Å². The highest BCUT2D eigenvalue weighted by atomic mass is 35.5. The van der Waals surface area contributed by atoms with Crippen LogP contribution in [-0.2, 0) is 6.42 Å². The normalized spacial score (nSPS) is 16.9. The zero-order chi connectivity index (χ0) is 14.3. The monoisotopic (exact) mass is 327 g/mol. The van der Waals surface area contributed by atoms with Gasteiger partial charge in [-0.15, -0.1) is 0 Å². The van der Waals surface area contributed by atoms with Crippen molar-refractivity contribution in [3.63, 3.8) is 0 Å². The predicted molar refractivity (Wildman–Crippen MR) is 84.1 cm³/mol. The molecule has 2 aromatic carbocycles. The molecule has 0 aliphatic carbocycles. The van der Waals surface area contributed by atoms with E-state index in [0.717, 1.165) is 28.9 Å². The molecule has 0 fully saturated rings. The molecular weight excluding hydrogens is 317 g/mol. The molecule has 0 spiro atoms. The first-order valence-corrected chi connectivity index (χ1v) is 7.36. The van der Waals surface area contributed by atoms with Gasteiger partial charge in [0, 0.05) is 28.6 Å².